The van der Waals surface area contributed by atoms with Crippen LogP contribution in [-0.4, -0.2) is 31.8 Å². The average Bonchev–Trinajstić information content (AvgIpc) is 2.66. The number of carbonyl (C=O) groups is 2. The fourth-order valence-corrected chi connectivity index (χ4v) is 1.66. The van der Waals surface area contributed by atoms with Gasteiger partial charge in [-0.25, -0.2) is 9.31 Å². The highest BCUT2D eigenvalue weighted by molar-refractivity contribution is 5.98. The van der Waals surface area contributed by atoms with Crippen LogP contribution in [0.1, 0.15) is 28.9 Å². The largest absolute Gasteiger partial charge is 0.481 e. The monoisotopic (exact) mass is 234 g/mol. The van der Waals surface area contributed by atoms with E-state index in [9.17, 15) is 9.59 Å². The first-order chi connectivity index (χ1) is 8.02. The standard InChI is InChI=1S/C11H10N2O4/c1-6(10(14)15)9-8(11(16)17)7-4-2-3-5-13(7)12-9/h2-6H,1H3,(H,14,15)(H,16,17). The van der Waals surface area contributed by atoms with Crippen LogP contribution in [0.4, 0.5) is 0 Å². The molecule has 0 aliphatic carbocycles. The number of hydrogen-bond donors (Lipinski definition) is 2. The van der Waals surface area contributed by atoms with Crippen molar-refractivity contribution in [3.8, 4) is 0 Å². The van der Waals surface area contributed by atoms with Crippen molar-refractivity contribution in [1.29, 1.82) is 0 Å². The molecular formula is C11H10N2O4. The molecule has 2 N–H and O–H groups in total. The van der Waals surface area contributed by atoms with E-state index in [1.807, 2.05) is 0 Å². The highest BCUT2D eigenvalue weighted by atomic mass is 16.4. The molecule has 0 spiro atoms. The van der Waals surface area contributed by atoms with Crippen molar-refractivity contribution in [2.45, 2.75) is 12.8 Å². The summed E-state index contributed by atoms with van der Waals surface area (Å²) in [7, 11) is 0. The summed E-state index contributed by atoms with van der Waals surface area (Å²) >= 11 is 0. The summed E-state index contributed by atoms with van der Waals surface area (Å²) in [6, 6.07) is 4.97. The number of carboxylic acid groups (broad SMARTS) is 2. The van der Waals surface area contributed by atoms with Gasteiger partial charge in [-0.1, -0.05) is 6.07 Å². The predicted molar refractivity (Wildman–Crippen MR) is 58.2 cm³/mol. The van der Waals surface area contributed by atoms with Crippen LogP contribution in [0.2, 0.25) is 0 Å². The maximum atomic E-state index is 11.2. The van der Waals surface area contributed by atoms with E-state index in [0.29, 0.717) is 5.52 Å². The van der Waals surface area contributed by atoms with Gasteiger partial charge in [0.05, 0.1) is 17.1 Å². The summed E-state index contributed by atoms with van der Waals surface area (Å²) < 4.78 is 1.37. The number of hydrogen-bond acceptors (Lipinski definition) is 3. The zero-order chi connectivity index (χ0) is 12.6. The first kappa shape index (κ1) is 11.1. The van der Waals surface area contributed by atoms with Gasteiger partial charge in [-0.3, -0.25) is 4.79 Å². The minimum atomic E-state index is -1.17. The molecule has 0 amide bonds. The van der Waals surface area contributed by atoms with Gasteiger partial charge in [0.1, 0.15) is 5.56 Å². The summed E-state index contributed by atoms with van der Waals surface area (Å²) in [5.41, 5.74) is 0.403. The normalized spacial score (nSPS) is 12.5. The zero-order valence-corrected chi connectivity index (χ0v) is 8.99. The van der Waals surface area contributed by atoms with Crippen molar-refractivity contribution < 1.29 is 19.8 Å². The van der Waals surface area contributed by atoms with Crippen LogP contribution < -0.4 is 0 Å². The minimum Gasteiger partial charge on any atom is -0.481 e. The Bertz CT molecular complexity index is 603. The lowest BCUT2D eigenvalue weighted by Crippen LogP contribution is -2.12. The second-order valence-corrected chi connectivity index (χ2v) is 3.66. The molecule has 0 aliphatic rings. The van der Waals surface area contributed by atoms with Crippen LogP contribution in [0, 0.1) is 0 Å². The molecule has 0 aromatic carbocycles. The molecule has 1 atom stereocenters. The Hall–Kier alpha value is -2.37. The molecule has 6 heteroatoms. The fraction of sp³-hybridized carbons (Fsp3) is 0.182. The third kappa shape index (κ3) is 1.73. The number of pyridine rings is 1. The highest BCUT2D eigenvalue weighted by Crippen LogP contribution is 2.23. The quantitative estimate of drug-likeness (QED) is 0.833. The van der Waals surface area contributed by atoms with Crippen LogP contribution in [-0.2, 0) is 4.79 Å². The van der Waals surface area contributed by atoms with Crippen LogP contribution in [0.5, 0.6) is 0 Å². The molecule has 88 valence electrons. The lowest BCUT2D eigenvalue weighted by atomic mass is 10.0. The number of aromatic carboxylic acids is 1. The van der Waals surface area contributed by atoms with Gasteiger partial charge in [0.25, 0.3) is 0 Å². The van der Waals surface area contributed by atoms with Crippen LogP contribution in [0.25, 0.3) is 5.52 Å². The summed E-state index contributed by atoms with van der Waals surface area (Å²) in [4.78, 5) is 22.1. The maximum Gasteiger partial charge on any atom is 0.339 e. The number of aromatic nitrogens is 2. The molecule has 0 saturated heterocycles. The summed E-state index contributed by atoms with van der Waals surface area (Å²) in [5.74, 6) is -3.23. The van der Waals surface area contributed by atoms with Crippen molar-refractivity contribution in [3.63, 3.8) is 0 Å². The van der Waals surface area contributed by atoms with E-state index in [0.717, 1.165) is 0 Å². The van der Waals surface area contributed by atoms with Gasteiger partial charge in [-0.2, -0.15) is 5.10 Å². The van der Waals surface area contributed by atoms with Gasteiger partial charge >= 0.3 is 11.9 Å². The van der Waals surface area contributed by atoms with Gasteiger partial charge in [-0.05, 0) is 19.1 Å². The summed E-state index contributed by atoms with van der Waals surface area (Å²) in [6.45, 7) is 1.41. The van der Waals surface area contributed by atoms with E-state index >= 15 is 0 Å². The van der Waals surface area contributed by atoms with E-state index in [1.54, 1.807) is 24.4 Å². The molecule has 0 aliphatic heterocycles. The summed E-state index contributed by atoms with van der Waals surface area (Å²) in [5, 5.41) is 22.1. The van der Waals surface area contributed by atoms with Gasteiger partial charge in [-0.15, -0.1) is 0 Å². The molecule has 2 aromatic heterocycles. The summed E-state index contributed by atoms with van der Waals surface area (Å²) in [6.07, 6.45) is 1.58. The Balaban J connectivity index is 2.74. The van der Waals surface area contributed by atoms with Crippen LogP contribution in [0.3, 0.4) is 0 Å². The lowest BCUT2D eigenvalue weighted by Gasteiger charge is -2.02. The van der Waals surface area contributed by atoms with E-state index < -0.39 is 17.9 Å². The SMILES string of the molecule is CC(C(=O)O)c1nn2ccccc2c1C(=O)O. The Kier molecular flexibility index (Phi) is 2.55. The number of carboxylic acids is 2. The predicted octanol–water partition coefficient (Wildman–Crippen LogP) is 1.22. The fourth-order valence-electron chi connectivity index (χ4n) is 1.66. The van der Waals surface area contributed by atoms with Gasteiger partial charge < -0.3 is 10.2 Å². The van der Waals surface area contributed by atoms with Crippen molar-refractivity contribution in [2.75, 3.05) is 0 Å². The molecule has 0 bridgehead atoms. The van der Waals surface area contributed by atoms with E-state index in [4.69, 9.17) is 10.2 Å². The second kappa shape index (κ2) is 3.89. The zero-order valence-electron chi connectivity index (χ0n) is 8.99. The Morgan fingerprint density at radius 2 is 2.06 bits per heavy atom. The second-order valence-electron chi connectivity index (χ2n) is 3.66. The Morgan fingerprint density at radius 3 is 2.65 bits per heavy atom. The molecule has 0 fully saturated rings. The average molecular weight is 234 g/mol. The van der Waals surface area contributed by atoms with Gasteiger partial charge in [0.2, 0.25) is 0 Å². The van der Waals surface area contributed by atoms with Gasteiger partial charge in [0.15, 0.2) is 0 Å². The van der Waals surface area contributed by atoms with Crippen molar-refractivity contribution in [3.05, 3.63) is 35.7 Å². The highest BCUT2D eigenvalue weighted by Gasteiger charge is 2.26. The first-order valence-electron chi connectivity index (χ1n) is 4.95. The molecule has 2 heterocycles. The molecule has 6 nitrogen and oxygen atoms in total. The number of fused-ring (bicyclic) bond motifs is 1. The number of nitrogens with zero attached hydrogens (tertiary/aromatic N) is 2. The molecule has 17 heavy (non-hydrogen) atoms. The maximum absolute atomic E-state index is 11.2. The molecule has 2 aromatic rings. The molecule has 0 saturated carbocycles. The molecule has 1 unspecified atom stereocenters. The van der Waals surface area contributed by atoms with Crippen LogP contribution >= 0.6 is 0 Å². The number of aliphatic carboxylic acids is 1. The van der Waals surface area contributed by atoms with Crippen LogP contribution in [0.15, 0.2) is 24.4 Å². The third-order valence-electron chi connectivity index (χ3n) is 2.56. The van der Waals surface area contributed by atoms with E-state index in [2.05, 4.69) is 5.10 Å². The number of rotatable bonds is 3. The van der Waals surface area contributed by atoms with E-state index in [-0.39, 0.29) is 11.3 Å². The van der Waals surface area contributed by atoms with Gasteiger partial charge in [0, 0.05) is 6.20 Å². The molecule has 2 rings (SSSR count). The Labute approximate surface area is 96.1 Å². The van der Waals surface area contributed by atoms with E-state index in [1.165, 1.54) is 11.4 Å². The lowest BCUT2D eigenvalue weighted by molar-refractivity contribution is -0.138. The van der Waals surface area contributed by atoms with Crippen molar-refractivity contribution >= 4 is 17.5 Å². The molecular weight excluding hydrogens is 224 g/mol. The van der Waals surface area contributed by atoms with Crippen molar-refractivity contribution in [1.82, 2.24) is 9.61 Å². The first-order valence-corrected chi connectivity index (χ1v) is 4.95. The third-order valence-corrected chi connectivity index (χ3v) is 2.56. The topological polar surface area (TPSA) is 91.9 Å². The molecule has 0 radical (unpaired) electrons. The Morgan fingerprint density at radius 1 is 1.35 bits per heavy atom. The van der Waals surface area contributed by atoms with Crippen molar-refractivity contribution in [2.24, 2.45) is 0 Å². The smallest absolute Gasteiger partial charge is 0.339 e. The minimum absolute atomic E-state index is 0.0551.